The average Bonchev–Trinajstić information content (AvgIpc) is 2.31. The zero-order valence-corrected chi connectivity index (χ0v) is 9.47. The second-order valence-electron chi connectivity index (χ2n) is 3.55. The number of hydrogen-bond donors (Lipinski definition) is 2. The van der Waals surface area contributed by atoms with Crippen LogP contribution in [0.3, 0.4) is 0 Å². The van der Waals surface area contributed by atoms with Crippen LogP contribution in [-0.2, 0) is 0 Å². The first-order valence-corrected chi connectivity index (χ1v) is 6.76. The van der Waals surface area contributed by atoms with E-state index in [9.17, 15) is 14.0 Å². The van der Waals surface area contributed by atoms with Crippen molar-refractivity contribution < 1.29 is 14.0 Å². The molecule has 0 unspecified atom stereocenters. The molecule has 0 atom stereocenters. The zero-order valence-electron chi connectivity index (χ0n) is 8.47. The van der Waals surface area contributed by atoms with E-state index in [1.807, 2.05) is 0 Å². The molecule has 0 saturated carbocycles. The molecule has 0 spiro atoms. The molecule has 2 N–H and O–H groups in total. The molecule has 0 radical (unpaired) electrons. The molecule has 0 aliphatic heterocycles. The minimum atomic E-state index is -3.65. The Morgan fingerprint density at radius 1 is 0.750 bits per heavy atom. The number of rotatable bonds is 2. The average molecular weight is 234 g/mol. The smallest absolute Gasteiger partial charge is 0.401 e. The Morgan fingerprint density at radius 3 is 1.81 bits per heavy atom. The Bertz CT molecular complexity index is 468. The van der Waals surface area contributed by atoms with Gasteiger partial charge < -0.3 is 9.59 Å². The Morgan fingerprint density at radius 2 is 1.25 bits per heavy atom. The maximum Gasteiger partial charge on any atom is 0.401 e. The van der Waals surface area contributed by atoms with Crippen molar-refractivity contribution in [3.05, 3.63) is 60.4 Å². The number of halogens is 1. The standard InChI is InChI=1S/C12H11FO2Si/c13-10-6-8-12(9-7-10)16(14,15)11-4-2-1-3-5-11/h1-9,14-15H. The molecule has 0 saturated heterocycles. The summed E-state index contributed by atoms with van der Waals surface area (Å²) in [5.74, 6) is -0.387. The topological polar surface area (TPSA) is 40.5 Å². The van der Waals surface area contributed by atoms with E-state index in [4.69, 9.17) is 0 Å². The summed E-state index contributed by atoms with van der Waals surface area (Å²) in [6, 6.07) is 13.9. The van der Waals surface area contributed by atoms with Gasteiger partial charge in [-0.2, -0.15) is 0 Å². The summed E-state index contributed by atoms with van der Waals surface area (Å²) in [5, 5.41) is 0.863. The Kier molecular flexibility index (Phi) is 2.87. The third-order valence-corrected chi connectivity index (χ3v) is 4.70. The molecule has 0 aliphatic carbocycles. The van der Waals surface area contributed by atoms with Crippen LogP contribution in [0.4, 0.5) is 4.39 Å². The highest BCUT2D eigenvalue weighted by Crippen LogP contribution is 2.00. The predicted octanol–water partition coefficient (Wildman–Crippen LogP) is 0.367. The van der Waals surface area contributed by atoms with Crippen molar-refractivity contribution in [1.29, 1.82) is 0 Å². The molecule has 0 fully saturated rings. The molecular formula is C12H11FO2Si. The van der Waals surface area contributed by atoms with Gasteiger partial charge >= 0.3 is 8.56 Å². The summed E-state index contributed by atoms with van der Waals surface area (Å²) >= 11 is 0. The van der Waals surface area contributed by atoms with E-state index >= 15 is 0 Å². The largest absolute Gasteiger partial charge is 0.404 e. The molecule has 2 aromatic rings. The summed E-state index contributed by atoms with van der Waals surface area (Å²) < 4.78 is 12.7. The van der Waals surface area contributed by atoms with Crippen LogP contribution in [0, 0.1) is 5.82 Å². The third-order valence-electron chi connectivity index (χ3n) is 2.42. The van der Waals surface area contributed by atoms with Crippen molar-refractivity contribution >= 4 is 18.9 Å². The predicted molar refractivity (Wildman–Crippen MR) is 62.3 cm³/mol. The summed E-state index contributed by atoms with van der Waals surface area (Å²) in [4.78, 5) is 20.2. The second-order valence-corrected chi connectivity index (χ2v) is 6.04. The van der Waals surface area contributed by atoms with Gasteiger partial charge in [-0.05, 0) is 22.5 Å². The molecule has 0 aliphatic rings. The maximum atomic E-state index is 12.7. The summed E-state index contributed by atoms with van der Waals surface area (Å²) in [6.07, 6.45) is 0. The van der Waals surface area contributed by atoms with Crippen molar-refractivity contribution in [1.82, 2.24) is 0 Å². The van der Waals surface area contributed by atoms with Gasteiger partial charge in [0.05, 0.1) is 0 Å². The van der Waals surface area contributed by atoms with Crippen LogP contribution >= 0.6 is 0 Å². The summed E-state index contributed by atoms with van der Waals surface area (Å²) in [6.45, 7) is 0. The molecular weight excluding hydrogens is 223 g/mol. The molecule has 0 aromatic heterocycles. The number of benzene rings is 2. The van der Waals surface area contributed by atoms with Crippen LogP contribution in [0.2, 0.25) is 0 Å². The highest BCUT2D eigenvalue weighted by Gasteiger charge is 2.34. The number of hydrogen-bond acceptors (Lipinski definition) is 2. The molecule has 2 rings (SSSR count). The molecule has 2 nitrogen and oxygen atoms in total. The van der Waals surface area contributed by atoms with Crippen molar-refractivity contribution in [3.8, 4) is 0 Å². The van der Waals surface area contributed by atoms with Crippen LogP contribution in [0.15, 0.2) is 54.6 Å². The second kappa shape index (κ2) is 4.17. The van der Waals surface area contributed by atoms with Gasteiger partial charge in [-0.25, -0.2) is 4.39 Å². The van der Waals surface area contributed by atoms with Crippen molar-refractivity contribution in [3.63, 3.8) is 0 Å². The fourth-order valence-corrected chi connectivity index (χ4v) is 3.14. The third kappa shape index (κ3) is 2.04. The van der Waals surface area contributed by atoms with Crippen LogP contribution in [0.5, 0.6) is 0 Å². The Labute approximate surface area is 93.9 Å². The van der Waals surface area contributed by atoms with E-state index in [0.29, 0.717) is 10.4 Å². The van der Waals surface area contributed by atoms with E-state index < -0.39 is 8.56 Å². The molecule has 4 heteroatoms. The Balaban J connectivity index is 2.43. The van der Waals surface area contributed by atoms with Gasteiger partial charge in [0.25, 0.3) is 0 Å². The monoisotopic (exact) mass is 234 g/mol. The lowest BCUT2D eigenvalue weighted by atomic mass is 10.3. The normalized spacial score (nSPS) is 11.4. The first-order chi connectivity index (χ1) is 7.60. The van der Waals surface area contributed by atoms with E-state index in [2.05, 4.69) is 0 Å². The summed E-state index contributed by atoms with van der Waals surface area (Å²) in [5.41, 5.74) is 0. The highest BCUT2D eigenvalue weighted by atomic mass is 28.4. The lowest BCUT2D eigenvalue weighted by Crippen LogP contribution is -2.59. The fraction of sp³-hybridized carbons (Fsp3) is 0. The van der Waals surface area contributed by atoms with Gasteiger partial charge in [0.2, 0.25) is 0 Å². The van der Waals surface area contributed by atoms with Gasteiger partial charge in [-0.1, -0.05) is 42.5 Å². The van der Waals surface area contributed by atoms with E-state index in [0.717, 1.165) is 0 Å². The molecule has 16 heavy (non-hydrogen) atoms. The molecule has 2 aromatic carbocycles. The van der Waals surface area contributed by atoms with Crippen molar-refractivity contribution in [2.45, 2.75) is 0 Å². The van der Waals surface area contributed by atoms with Gasteiger partial charge in [0.1, 0.15) is 5.82 Å². The van der Waals surface area contributed by atoms with E-state index in [1.54, 1.807) is 30.3 Å². The molecule has 0 heterocycles. The van der Waals surface area contributed by atoms with Crippen LogP contribution in [0.1, 0.15) is 0 Å². The van der Waals surface area contributed by atoms with Gasteiger partial charge in [-0.3, -0.25) is 0 Å². The van der Waals surface area contributed by atoms with Gasteiger partial charge in [-0.15, -0.1) is 0 Å². The molecule has 0 amide bonds. The minimum Gasteiger partial charge on any atom is -0.404 e. The van der Waals surface area contributed by atoms with Gasteiger partial charge in [0.15, 0.2) is 0 Å². The van der Waals surface area contributed by atoms with Crippen molar-refractivity contribution in [2.75, 3.05) is 0 Å². The van der Waals surface area contributed by atoms with E-state index in [-0.39, 0.29) is 5.82 Å². The van der Waals surface area contributed by atoms with Crippen LogP contribution < -0.4 is 10.4 Å². The van der Waals surface area contributed by atoms with Gasteiger partial charge in [0, 0.05) is 0 Å². The summed E-state index contributed by atoms with van der Waals surface area (Å²) in [7, 11) is -3.65. The first-order valence-electron chi connectivity index (χ1n) is 4.87. The lowest BCUT2D eigenvalue weighted by Gasteiger charge is -2.18. The van der Waals surface area contributed by atoms with Crippen molar-refractivity contribution in [2.24, 2.45) is 0 Å². The molecule has 82 valence electrons. The quantitative estimate of drug-likeness (QED) is 0.737. The molecule has 0 bridgehead atoms. The van der Waals surface area contributed by atoms with Crippen LogP contribution in [0.25, 0.3) is 0 Å². The fourth-order valence-electron chi connectivity index (χ4n) is 1.52. The highest BCUT2D eigenvalue weighted by molar-refractivity contribution is 6.90. The minimum absolute atomic E-state index is 0.375. The zero-order chi connectivity index (χ0) is 11.6. The van der Waals surface area contributed by atoms with E-state index in [1.165, 1.54) is 24.3 Å². The maximum absolute atomic E-state index is 12.7. The lowest BCUT2D eigenvalue weighted by molar-refractivity contribution is 0.401. The van der Waals surface area contributed by atoms with Crippen LogP contribution in [-0.4, -0.2) is 18.2 Å². The first kappa shape index (κ1) is 11.0. The Hall–Kier alpha value is -1.49. The SMILES string of the molecule is O[Si](O)(c1ccccc1)c1ccc(F)cc1.